The molecule has 0 amide bonds. The Labute approximate surface area is 84.3 Å². The van der Waals surface area contributed by atoms with Crippen molar-refractivity contribution in [2.75, 3.05) is 26.2 Å². The van der Waals surface area contributed by atoms with Crippen LogP contribution in [0.15, 0.2) is 5.11 Å². The molecule has 1 aliphatic rings. The molecule has 0 aromatic heterocycles. The van der Waals surface area contributed by atoms with Crippen LogP contribution in [0, 0.1) is 5.92 Å². The Bertz CT molecular complexity index is 215. The highest BCUT2D eigenvalue weighted by Crippen LogP contribution is 2.15. The normalized spacial score (nSPS) is 25.4. The lowest BCUT2D eigenvalue weighted by atomic mass is 10.00. The first-order valence-electron chi connectivity index (χ1n) is 5.13. The minimum Gasteiger partial charge on any atom is -0.392 e. The molecule has 1 saturated heterocycles. The van der Waals surface area contributed by atoms with Crippen LogP contribution in [0.5, 0.6) is 0 Å². The van der Waals surface area contributed by atoms with Gasteiger partial charge in [-0.1, -0.05) is 12.0 Å². The summed E-state index contributed by atoms with van der Waals surface area (Å²) >= 11 is 0. The maximum Gasteiger partial charge on any atom is 0.0723 e. The Morgan fingerprint density at radius 1 is 1.71 bits per heavy atom. The van der Waals surface area contributed by atoms with Crippen LogP contribution in [0.3, 0.4) is 0 Å². The summed E-state index contributed by atoms with van der Waals surface area (Å²) in [6.45, 7) is 5.14. The first kappa shape index (κ1) is 11.3. The van der Waals surface area contributed by atoms with Crippen LogP contribution in [0.25, 0.3) is 10.4 Å². The SMILES string of the molecule is CC1CCCN(C[C@H](O)CN=[N+]=[N-])C1. The fourth-order valence-corrected chi connectivity index (χ4v) is 1.94. The number of hydrogen-bond donors (Lipinski definition) is 1. The maximum absolute atomic E-state index is 9.51. The van der Waals surface area contributed by atoms with Gasteiger partial charge in [0.2, 0.25) is 0 Å². The molecule has 0 aromatic carbocycles. The van der Waals surface area contributed by atoms with Crippen LogP contribution in [-0.2, 0) is 0 Å². The largest absolute Gasteiger partial charge is 0.392 e. The second-order valence-corrected chi connectivity index (χ2v) is 4.07. The van der Waals surface area contributed by atoms with E-state index in [9.17, 15) is 5.11 Å². The van der Waals surface area contributed by atoms with Crippen molar-refractivity contribution in [2.45, 2.75) is 25.9 Å². The minimum absolute atomic E-state index is 0.182. The number of azide groups is 1. The van der Waals surface area contributed by atoms with Gasteiger partial charge < -0.3 is 10.0 Å². The zero-order valence-electron chi connectivity index (χ0n) is 8.63. The van der Waals surface area contributed by atoms with Crippen LogP contribution in [-0.4, -0.2) is 42.3 Å². The topological polar surface area (TPSA) is 72.2 Å². The molecule has 1 N–H and O–H groups in total. The number of aliphatic hydroxyl groups is 1. The van der Waals surface area contributed by atoms with Gasteiger partial charge in [-0.15, -0.1) is 0 Å². The predicted octanol–water partition coefficient (Wildman–Crippen LogP) is 1.39. The monoisotopic (exact) mass is 198 g/mol. The summed E-state index contributed by atoms with van der Waals surface area (Å²) in [6, 6.07) is 0. The quantitative estimate of drug-likeness (QED) is 0.421. The van der Waals surface area contributed by atoms with Crippen molar-refractivity contribution >= 4 is 0 Å². The lowest BCUT2D eigenvalue weighted by molar-refractivity contribution is 0.0925. The van der Waals surface area contributed by atoms with E-state index >= 15 is 0 Å². The van der Waals surface area contributed by atoms with E-state index in [1.807, 2.05) is 0 Å². The third-order valence-electron chi connectivity index (χ3n) is 2.57. The molecular formula is C9H18N4O. The Balaban J connectivity index is 2.24. The van der Waals surface area contributed by atoms with Crippen LogP contribution < -0.4 is 0 Å². The molecule has 1 rings (SSSR count). The van der Waals surface area contributed by atoms with E-state index in [4.69, 9.17) is 5.53 Å². The van der Waals surface area contributed by atoms with Crippen molar-refractivity contribution in [1.29, 1.82) is 0 Å². The summed E-state index contributed by atoms with van der Waals surface area (Å²) in [7, 11) is 0. The summed E-state index contributed by atoms with van der Waals surface area (Å²) in [5, 5.41) is 12.9. The van der Waals surface area contributed by atoms with Gasteiger partial charge in [-0.05, 0) is 30.8 Å². The number of nitrogens with zero attached hydrogens (tertiary/aromatic N) is 4. The average Bonchev–Trinajstić information content (AvgIpc) is 2.15. The zero-order valence-corrected chi connectivity index (χ0v) is 8.63. The first-order valence-corrected chi connectivity index (χ1v) is 5.13. The smallest absolute Gasteiger partial charge is 0.0723 e. The molecular weight excluding hydrogens is 180 g/mol. The minimum atomic E-state index is -0.517. The summed E-state index contributed by atoms with van der Waals surface area (Å²) in [5.41, 5.74) is 8.10. The molecule has 1 fully saturated rings. The van der Waals surface area contributed by atoms with Gasteiger partial charge in [0.25, 0.3) is 0 Å². The molecule has 5 nitrogen and oxygen atoms in total. The van der Waals surface area contributed by atoms with E-state index in [0.29, 0.717) is 6.54 Å². The standard InChI is InChI=1S/C9H18N4O/c1-8-3-2-4-13(6-8)7-9(14)5-11-12-10/h8-9,14H,2-7H2,1H3/t8?,9-/m1/s1. The number of β-amino-alcohol motifs (C(OH)–C–C–N with tert-alkyl or cyclic N) is 1. The van der Waals surface area contributed by atoms with Crippen molar-refractivity contribution in [1.82, 2.24) is 4.90 Å². The molecule has 1 unspecified atom stereocenters. The van der Waals surface area contributed by atoms with Gasteiger partial charge >= 0.3 is 0 Å². The fraction of sp³-hybridized carbons (Fsp3) is 1.00. The number of hydrogen-bond acceptors (Lipinski definition) is 3. The molecule has 5 heteroatoms. The second kappa shape index (κ2) is 5.86. The van der Waals surface area contributed by atoms with E-state index in [-0.39, 0.29) is 6.54 Å². The van der Waals surface area contributed by atoms with Crippen LogP contribution >= 0.6 is 0 Å². The second-order valence-electron chi connectivity index (χ2n) is 4.07. The molecule has 0 saturated carbocycles. The van der Waals surface area contributed by atoms with E-state index in [0.717, 1.165) is 19.0 Å². The summed E-state index contributed by atoms with van der Waals surface area (Å²) in [5.74, 6) is 0.718. The van der Waals surface area contributed by atoms with Crippen molar-refractivity contribution in [3.05, 3.63) is 10.4 Å². The van der Waals surface area contributed by atoms with Crippen LogP contribution in [0.1, 0.15) is 19.8 Å². The summed E-state index contributed by atoms with van der Waals surface area (Å²) < 4.78 is 0. The zero-order chi connectivity index (χ0) is 10.4. The highest BCUT2D eigenvalue weighted by atomic mass is 16.3. The van der Waals surface area contributed by atoms with Gasteiger partial charge in [-0.25, -0.2) is 0 Å². The van der Waals surface area contributed by atoms with Gasteiger partial charge in [-0.2, -0.15) is 0 Å². The number of piperidine rings is 1. The van der Waals surface area contributed by atoms with Gasteiger partial charge in [0.1, 0.15) is 0 Å². The van der Waals surface area contributed by atoms with Crippen molar-refractivity contribution in [2.24, 2.45) is 11.0 Å². The van der Waals surface area contributed by atoms with Gasteiger partial charge in [0.05, 0.1) is 12.6 Å². The summed E-state index contributed by atoms with van der Waals surface area (Å²) in [4.78, 5) is 4.87. The third kappa shape index (κ3) is 3.96. The van der Waals surface area contributed by atoms with E-state index < -0.39 is 6.10 Å². The Kier molecular flexibility index (Phi) is 4.73. The van der Waals surface area contributed by atoms with Gasteiger partial charge in [-0.3, -0.25) is 0 Å². The van der Waals surface area contributed by atoms with Crippen molar-refractivity contribution in [3.8, 4) is 0 Å². The maximum atomic E-state index is 9.51. The molecule has 0 aliphatic carbocycles. The molecule has 1 heterocycles. The lowest BCUT2D eigenvalue weighted by Gasteiger charge is -2.31. The molecule has 14 heavy (non-hydrogen) atoms. The number of rotatable bonds is 4. The third-order valence-corrected chi connectivity index (χ3v) is 2.57. The fourth-order valence-electron chi connectivity index (χ4n) is 1.94. The van der Waals surface area contributed by atoms with E-state index in [2.05, 4.69) is 21.8 Å². The number of likely N-dealkylation sites (tertiary alicyclic amines) is 1. The Morgan fingerprint density at radius 3 is 3.14 bits per heavy atom. The molecule has 0 spiro atoms. The highest BCUT2D eigenvalue weighted by molar-refractivity contribution is 4.73. The van der Waals surface area contributed by atoms with Crippen LogP contribution in [0.4, 0.5) is 0 Å². The highest BCUT2D eigenvalue weighted by Gasteiger charge is 2.18. The lowest BCUT2D eigenvalue weighted by Crippen LogP contribution is -2.40. The van der Waals surface area contributed by atoms with Crippen LogP contribution in [0.2, 0.25) is 0 Å². The van der Waals surface area contributed by atoms with Crippen molar-refractivity contribution in [3.63, 3.8) is 0 Å². The van der Waals surface area contributed by atoms with E-state index in [1.165, 1.54) is 12.8 Å². The molecule has 0 aromatic rings. The first-order chi connectivity index (χ1) is 6.72. The van der Waals surface area contributed by atoms with Gasteiger partial charge in [0, 0.05) is 18.0 Å². The molecule has 0 bridgehead atoms. The Morgan fingerprint density at radius 2 is 2.50 bits per heavy atom. The molecule has 0 radical (unpaired) electrons. The molecule has 2 atom stereocenters. The number of aliphatic hydroxyl groups excluding tert-OH is 1. The average molecular weight is 198 g/mol. The van der Waals surface area contributed by atoms with E-state index in [1.54, 1.807) is 0 Å². The molecule has 80 valence electrons. The molecule has 1 aliphatic heterocycles. The summed E-state index contributed by atoms with van der Waals surface area (Å²) in [6.07, 6.45) is 1.97. The Hall–Kier alpha value is -0.770. The van der Waals surface area contributed by atoms with Gasteiger partial charge in [0.15, 0.2) is 0 Å². The van der Waals surface area contributed by atoms with Crippen molar-refractivity contribution < 1.29 is 5.11 Å². The predicted molar refractivity (Wildman–Crippen MR) is 54.9 cm³/mol.